The molecule has 1 aliphatic rings. The lowest BCUT2D eigenvalue weighted by molar-refractivity contribution is -0.140. The van der Waals surface area contributed by atoms with Crippen LogP contribution in [0.3, 0.4) is 0 Å². The van der Waals surface area contributed by atoms with Gasteiger partial charge in [-0.3, -0.25) is 19.6 Å². The van der Waals surface area contributed by atoms with Gasteiger partial charge in [-0.15, -0.1) is 0 Å². The second kappa shape index (κ2) is 11.9. The maximum Gasteiger partial charge on any atom is 0.416 e. The smallest absolute Gasteiger partial charge is 0.416 e. The maximum atomic E-state index is 12.7. The molecule has 2 heterocycles. The molecule has 0 bridgehead atoms. The molecule has 2 aromatic rings. The average molecular weight is 481 g/mol. The van der Waals surface area contributed by atoms with Crippen LogP contribution in [-0.4, -0.2) is 63.8 Å². The molecule has 0 spiro atoms. The number of carbonyl (C=O) groups is 4. The molecule has 184 valence electrons. The van der Waals surface area contributed by atoms with Gasteiger partial charge in [-0.1, -0.05) is 37.6 Å². The van der Waals surface area contributed by atoms with Crippen molar-refractivity contribution in [3.63, 3.8) is 0 Å². The predicted molar refractivity (Wildman–Crippen MR) is 128 cm³/mol. The Balaban J connectivity index is 1.85. The number of benzene rings is 1. The number of para-hydroxylation sites is 1. The van der Waals surface area contributed by atoms with Crippen molar-refractivity contribution < 1.29 is 29.0 Å². The van der Waals surface area contributed by atoms with E-state index in [-0.39, 0.29) is 25.3 Å². The molecule has 0 aliphatic carbocycles. The fourth-order valence-corrected chi connectivity index (χ4v) is 3.93. The van der Waals surface area contributed by atoms with Gasteiger partial charge in [0.2, 0.25) is 5.91 Å². The molecule has 10 nitrogen and oxygen atoms in total. The first-order chi connectivity index (χ1) is 16.8. The van der Waals surface area contributed by atoms with E-state index in [4.69, 9.17) is 4.74 Å². The van der Waals surface area contributed by atoms with Gasteiger partial charge in [-0.2, -0.15) is 0 Å². The summed E-state index contributed by atoms with van der Waals surface area (Å²) in [6.45, 7) is 3.83. The van der Waals surface area contributed by atoms with E-state index in [1.54, 1.807) is 49.4 Å². The van der Waals surface area contributed by atoms with Crippen LogP contribution in [0.2, 0.25) is 0 Å². The topological polar surface area (TPSA) is 138 Å². The zero-order chi connectivity index (χ0) is 25.4. The van der Waals surface area contributed by atoms with Crippen LogP contribution < -0.4 is 5.32 Å². The van der Waals surface area contributed by atoms with E-state index in [1.807, 2.05) is 6.92 Å². The number of aromatic nitrogens is 1. The van der Waals surface area contributed by atoms with Crippen molar-refractivity contribution >= 4 is 35.3 Å². The molecule has 1 fully saturated rings. The molecule has 1 saturated heterocycles. The number of nitrogens with zero attached hydrogens (tertiary/aromatic N) is 3. The van der Waals surface area contributed by atoms with Gasteiger partial charge in [-0.05, 0) is 31.5 Å². The van der Waals surface area contributed by atoms with E-state index < -0.39 is 35.8 Å². The van der Waals surface area contributed by atoms with E-state index in [9.17, 15) is 24.3 Å². The zero-order valence-corrected chi connectivity index (χ0v) is 19.6. The van der Waals surface area contributed by atoms with Crippen molar-refractivity contribution in [1.29, 1.82) is 0 Å². The lowest BCUT2D eigenvalue weighted by Gasteiger charge is -2.23. The maximum absolute atomic E-state index is 12.7. The van der Waals surface area contributed by atoms with Crippen molar-refractivity contribution in [1.82, 2.24) is 9.88 Å². The summed E-state index contributed by atoms with van der Waals surface area (Å²) in [5, 5.41) is 12.8. The van der Waals surface area contributed by atoms with E-state index in [1.165, 1.54) is 6.20 Å². The number of imide groups is 1. The number of hydrogen-bond donors (Lipinski definition) is 2. The third-order valence-electron chi connectivity index (χ3n) is 5.65. The van der Waals surface area contributed by atoms with Gasteiger partial charge in [0.25, 0.3) is 5.91 Å². The summed E-state index contributed by atoms with van der Waals surface area (Å²) in [7, 11) is 0. The molecule has 2 N–H and O–H groups in total. The summed E-state index contributed by atoms with van der Waals surface area (Å²) in [5.41, 5.74) is 1.63. The number of nitrogens with one attached hydrogen (secondary N) is 1. The Bertz CT molecular complexity index is 1120. The van der Waals surface area contributed by atoms with Crippen LogP contribution in [0.5, 0.6) is 0 Å². The fourth-order valence-electron chi connectivity index (χ4n) is 3.93. The Kier molecular flexibility index (Phi) is 8.66. The number of anilines is 1. The molecule has 3 amide bonds. The van der Waals surface area contributed by atoms with Gasteiger partial charge in [0.05, 0.1) is 12.2 Å². The fraction of sp³-hybridized carbons (Fsp3) is 0.360. The minimum atomic E-state index is -1.21. The molecular formula is C25H28N4O6. The minimum absolute atomic E-state index is 0.129. The van der Waals surface area contributed by atoms with Gasteiger partial charge >= 0.3 is 12.1 Å². The number of ether oxygens (including phenoxy) is 1. The van der Waals surface area contributed by atoms with Gasteiger partial charge in [0.15, 0.2) is 6.04 Å². The molecule has 1 aromatic carbocycles. The van der Waals surface area contributed by atoms with E-state index in [0.717, 1.165) is 4.90 Å². The Morgan fingerprint density at radius 1 is 1.20 bits per heavy atom. The Morgan fingerprint density at radius 3 is 2.57 bits per heavy atom. The Hall–Kier alpha value is -4.08. The summed E-state index contributed by atoms with van der Waals surface area (Å²) in [4.78, 5) is 58.7. The SMILES string of the molecule is CCC[C@@H](CC(=O)N1CCOC1=O)[C@H](N=C(C)c1ccccc1NC(=O)c1ccccn1)C(=O)O. The van der Waals surface area contributed by atoms with Crippen LogP contribution in [0.15, 0.2) is 53.7 Å². The molecule has 0 saturated carbocycles. The van der Waals surface area contributed by atoms with Crippen LogP contribution in [0.25, 0.3) is 0 Å². The summed E-state index contributed by atoms with van der Waals surface area (Å²) in [6, 6.07) is 10.7. The summed E-state index contributed by atoms with van der Waals surface area (Å²) in [5.74, 6) is -2.68. The number of hydrogen-bond acceptors (Lipinski definition) is 7. The minimum Gasteiger partial charge on any atom is -0.480 e. The van der Waals surface area contributed by atoms with Gasteiger partial charge in [0.1, 0.15) is 12.3 Å². The first kappa shape index (κ1) is 25.5. The summed E-state index contributed by atoms with van der Waals surface area (Å²) < 4.78 is 4.82. The lowest BCUT2D eigenvalue weighted by atomic mass is 9.90. The highest BCUT2D eigenvalue weighted by atomic mass is 16.6. The van der Waals surface area contributed by atoms with Crippen LogP contribution in [0.4, 0.5) is 10.5 Å². The number of carbonyl (C=O) groups excluding carboxylic acids is 3. The van der Waals surface area contributed by atoms with Crippen molar-refractivity contribution in [3.05, 3.63) is 59.9 Å². The third kappa shape index (κ3) is 6.50. The van der Waals surface area contributed by atoms with E-state index >= 15 is 0 Å². The van der Waals surface area contributed by atoms with Crippen LogP contribution in [0, 0.1) is 5.92 Å². The standard InChI is InChI=1S/C25H28N4O6/c1-3-8-17(15-21(30)29-13-14-35-25(29)34)22(24(32)33)27-16(2)18-9-4-5-10-19(18)28-23(31)20-11-6-7-12-26-20/h4-7,9-12,17,22H,3,8,13-15H2,1-2H3,(H,28,31)(H,32,33)/t17-,22-/m0/s1. The van der Waals surface area contributed by atoms with Crippen molar-refractivity contribution in [3.8, 4) is 0 Å². The first-order valence-electron chi connectivity index (χ1n) is 11.4. The molecule has 1 aromatic heterocycles. The average Bonchev–Trinajstić information content (AvgIpc) is 3.28. The van der Waals surface area contributed by atoms with Gasteiger partial charge in [0, 0.05) is 29.8 Å². The third-order valence-corrected chi connectivity index (χ3v) is 5.65. The molecule has 0 unspecified atom stereocenters. The monoisotopic (exact) mass is 480 g/mol. The largest absolute Gasteiger partial charge is 0.480 e. The Morgan fingerprint density at radius 2 is 1.94 bits per heavy atom. The van der Waals surface area contributed by atoms with Crippen molar-refractivity contribution in [2.45, 2.75) is 39.2 Å². The molecule has 2 atom stereocenters. The lowest BCUT2D eigenvalue weighted by Crippen LogP contribution is -2.37. The molecule has 1 aliphatic heterocycles. The Labute approximate surface area is 203 Å². The van der Waals surface area contributed by atoms with Crippen LogP contribution >= 0.6 is 0 Å². The number of carboxylic acids is 1. The normalized spacial score (nSPS) is 15.3. The van der Waals surface area contributed by atoms with Crippen LogP contribution in [0.1, 0.15) is 49.2 Å². The number of amides is 3. The highest BCUT2D eigenvalue weighted by Gasteiger charge is 2.34. The quantitative estimate of drug-likeness (QED) is 0.497. The molecular weight excluding hydrogens is 452 g/mol. The zero-order valence-electron chi connectivity index (χ0n) is 19.6. The summed E-state index contributed by atoms with van der Waals surface area (Å²) in [6.07, 6.45) is 1.73. The van der Waals surface area contributed by atoms with Crippen molar-refractivity contribution in [2.75, 3.05) is 18.5 Å². The number of aliphatic imine (C=N–C) groups is 1. The van der Waals surface area contributed by atoms with Gasteiger partial charge in [-0.25, -0.2) is 14.5 Å². The van der Waals surface area contributed by atoms with Crippen molar-refractivity contribution in [2.24, 2.45) is 10.9 Å². The van der Waals surface area contributed by atoms with E-state index in [0.29, 0.717) is 29.8 Å². The highest BCUT2D eigenvalue weighted by molar-refractivity contribution is 6.10. The molecule has 3 rings (SSSR count). The number of cyclic esters (lactones) is 1. The summed E-state index contributed by atoms with van der Waals surface area (Å²) >= 11 is 0. The van der Waals surface area contributed by atoms with Gasteiger partial charge < -0.3 is 15.2 Å². The number of rotatable bonds is 10. The number of carboxylic acid groups (broad SMARTS) is 1. The highest BCUT2D eigenvalue weighted by Crippen LogP contribution is 2.24. The first-order valence-corrected chi connectivity index (χ1v) is 11.4. The predicted octanol–water partition coefficient (Wildman–Crippen LogP) is 3.38. The number of aliphatic carboxylic acids is 1. The second-order valence-electron chi connectivity index (χ2n) is 8.12. The second-order valence-corrected chi connectivity index (χ2v) is 8.12. The molecule has 35 heavy (non-hydrogen) atoms. The number of pyridine rings is 1. The molecule has 10 heteroatoms. The van der Waals surface area contributed by atoms with E-state index in [2.05, 4.69) is 15.3 Å². The van der Waals surface area contributed by atoms with Crippen LogP contribution in [-0.2, 0) is 14.3 Å². The molecule has 0 radical (unpaired) electrons.